The predicted octanol–water partition coefficient (Wildman–Crippen LogP) is 4.41. The van der Waals surface area contributed by atoms with Crippen molar-refractivity contribution < 1.29 is 9.50 Å². The number of fused-ring (bicyclic) bond motifs is 1. The van der Waals surface area contributed by atoms with Gasteiger partial charge in [0.15, 0.2) is 0 Å². The molecule has 1 heterocycles. The van der Waals surface area contributed by atoms with Crippen LogP contribution in [0.3, 0.4) is 0 Å². The summed E-state index contributed by atoms with van der Waals surface area (Å²) in [7, 11) is 0. The maximum absolute atomic E-state index is 13.2. The second-order valence-corrected chi connectivity index (χ2v) is 5.74. The number of rotatable bonds is 3. The van der Waals surface area contributed by atoms with Gasteiger partial charge in [-0.15, -0.1) is 0 Å². The van der Waals surface area contributed by atoms with Crippen molar-refractivity contribution in [3.63, 3.8) is 0 Å². The van der Waals surface area contributed by atoms with Gasteiger partial charge < -0.3 is 5.11 Å². The van der Waals surface area contributed by atoms with Gasteiger partial charge in [0.05, 0.1) is 16.1 Å². The molecule has 0 aliphatic carbocycles. The third-order valence-electron chi connectivity index (χ3n) is 3.39. The molecule has 1 atom stereocenters. The second kappa shape index (κ2) is 5.92. The first-order chi connectivity index (χ1) is 10.1. The maximum atomic E-state index is 13.2. The van der Waals surface area contributed by atoms with E-state index < -0.39 is 6.10 Å². The molecule has 1 unspecified atom stereocenters. The van der Waals surface area contributed by atoms with E-state index in [2.05, 4.69) is 20.9 Å². The van der Waals surface area contributed by atoms with E-state index >= 15 is 0 Å². The highest BCUT2D eigenvalue weighted by Crippen LogP contribution is 2.24. The smallest absolute Gasteiger partial charge is 0.137 e. The van der Waals surface area contributed by atoms with Gasteiger partial charge in [0.1, 0.15) is 5.82 Å². The van der Waals surface area contributed by atoms with Crippen molar-refractivity contribution in [3.8, 4) is 0 Å². The van der Waals surface area contributed by atoms with E-state index in [1.54, 1.807) is 12.1 Å². The van der Waals surface area contributed by atoms with Gasteiger partial charge in [-0.05, 0) is 45.8 Å². The van der Waals surface area contributed by atoms with Gasteiger partial charge in [0.25, 0.3) is 0 Å². The summed E-state index contributed by atoms with van der Waals surface area (Å²) in [5, 5.41) is 11.3. The van der Waals surface area contributed by atoms with Crippen LogP contribution in [-0.2, 0) is 6.42 Å². The average Bonchev–Trinajstić information content (AvgIpc) is 2.50. The number of aromatic nitrogens is 1. The predicted molar refractivity (Wildman–Crippen MR) is 84.5 cm³/mol. The van der Waals surface area contributed by atoms with Crippen LogP contribution in [0.25, 0.3) is 10.9 Å². The van der Waals surface area contributed by atoms with Crippen LogP contribution in [0.2, 0.25) is 0 Å². The van der Waals surface area contributed by atoms with Crippen molar-refractivity contribution in [1.29, 1.82) is 0 Å². The zero-order valence-electron chi connectivity index (χ0n) is 11.1. The number of nitrogens with zero attached hydrogens (tertiary/aromatic N) is 1. The van der Waals surface area contributed by atoms with Crippen molar-refractivity contribution in [2.45, 2.75) is 12.5 Å². The first kappa shape index (κ1) is 14.2. The number of pyridine rings is 1. The molecule has 106 valence electrons. The van der Waals surface area contributed by atoms with Crippen molar-refractivity contribution in [1.82, 2.24) is 4.98 Å². The molecule has 1 aromatic heterocycles. The third-order valence-corrected chi connectivity index (χ3v) is 3.99. The van der Waals surface area contributed by atoms with Gasteiger partial charge in [-0.3, -0.25) is 4.98 Å². The van der Waals surface area contributed by atoms with Crippen molar-refractivity contribution in [3.05, 3.63) is 76.1 Å². The standard InChI is InChI=1S/C17H13BrFNO/c18-14-9-12(6-8-15(14)19)17(21)10-13-7-5-11-3-1-2-4-16(11)20-13/h1-9,17,21H,10H2. The molecular weight excluding hydrogens is 333 g/mol. The Balaban J connectivity index is 1.85. The second-order valence-electron chi connectivity index (χ2n) is 4.89. The lowest BCUT2D eigenvalue weighted by Gasteiger charge is -2.12. The highest BCUT2D eigenvalue weighted by molar-refractivity contribution is 9.10. The molecule has 3 rings (SSSR count). The van der Waals surface area contributed by atoms with Gasteiger partial charge in [-0.25, -0.2) is 4.39 Å². The fourth-order valence-electron chi connectivity index (χ4n) is 2.26. The van der Waals surface area contributed by atoms with Crippen LogP contribution in [0.1, 0.15) is 17.4 Å². The number of para-hydroxylation sites is 1. The van der Waals surface area contributed by atoms with Crippen LogP contribution in [-0.4, -0.2) is 10.1 Å². The summed E-state index contributed by atoms with van der Waals surface area (Å²) < 4.78 is 13.6. The van der Waals surface area contributed by atoms with Crippen LogP contribution < -0.4 is 0 Å². The molecule has 4 heteroatoms. The van der Waals surface area contributed by atoms with E-state index in [1.807, 2.05) is 36.4 Å². The summed E-state index contributed by atoms with van der Waals surface area (Å²) in [6.07, 6.45) is -0.321. The number of benzene rings is 2. The highest BCUT2D eigenvalue weighted by atomic mass is 79.9. The van der Waals surface area contributed by atoms with E-state index in [4.69, 9.17) is 0 Å². The Kier molecular flexibility index (Phi) is 3.99. The highest BCUT2D eigenvalue weighted by Gasteiger charge is 2.12. The molecule has 0 saturated heterocycles. The summed E-state index contributed by atoms with van der Waals surface area (Å²) in [5.41, 5.74) is 2.38. The first-order valence-electron chi connectivity index (χ1n) is 6.61. The zero-order chi connectivity index (χ0) is 14.8. The van der Waals surface area contributed by atoms with Crippen LogP contribution in [0.5, 0.6) is 0 Å². The lowest BCUT2D eigenvalue weighted by Crippen LogP contribution is -2.04. The van der Waals surface area contributed by atoms with Crippen LogP contribution in [0, 0.1) is 5.82 Å². The first-order valence-corrected chi connectivity index (χ1v) is 7.40. The SMILES string of the molecule is OC(Cc1ccc2ccccc2n1)c1ccc(F)c(Br)c1. The number of hydrogen-bond donors (Lipinski definition) is 1. The van der Waals surface area contributed by atoms with E-state index in [-0.39, 0.29) is 5.82 Å². The van der Waals surface area contributed by atoms with E-state index in [0.717, 1.165) is 16.6 Å². The van der Waals surface area contributed by atoms with Gasteiger partial charge in [-0.2, -0.15) is 0 Å². The van der Waals surface area contributed by atoms with Crippen LogP contribution in [0.15, 0.2) is 59.1 Å². The molecule has 0 saturated carbocycles. The fourth-order valence-corrected chi connectivity index (χ4v) is 2.65. The third kappa shape index (κ3) is 3.12. The van der Waals surface area contributed by atoms with Gasteiger partial charge in [0, 0.05) is 17.5 Å². The minimum absolute atomic E-state index is 0.338. The average molecular weight is 346 g/mol. The zero-order valence-corrected chi connectivity index (χ0v) is 12.7. The maximum Gasteiger partial charge on any atom is 0.137 e. The summed E-state index contributed by atoms with van der Waals surface area (Å²) in [4.78, 5) is 4.53. The van der Waals surface area contributed by atoms with Crippen LogP contribution in [0.4, 0.5) is 4.39 Å². The molecule has 0 fully saturated rings. The van der Waals surface area contributed by atoms with Crippen molar-refractivity contribution >= 4 is 26.8 Å². The Bertz CT molecular complexity index is 791. The minimum Gasteiger partial charge on any atom is -0.388 e. The van der Waals surface area contributed by atoms with E-state index in [1.165, 1.54) is 6.07 Å². The van der Waals surface area contributed by atoms with Crippen molar-refractivity contribution in [2.75, 3.05) is 0 Å². The largest absolute Gasteiger partial charge is 0.388 e. The van der Waals surface area contributed by atoms with Crippen LogP contribution >= 0.6 is 15.9 Å². The number of halogens is 2. The van der Waals surface area contributed by atoms with E-state index in [9.17, 15) is 9.50 Å². The summed E-state index contributed by atoms with van der Waals surface area (Å²) >= 11 is 3.13. The minimum atomic E-state index is -0.712. The molecular formula is C17H13BrFNO. The monoisotopic (exact) mass is 345 g/mol. The molecule has 0 aliphatic rings. The quantitative estimate of drug-likeness (QED) is 0.762. The topological polar surface area (TPSA) is 33.1 Å². The fraction of sp³-hybridized carbons (Fsp3) is 0.118. The summed E-state index contributed by atoms with van der Waals surface area (Å²) in [6, 6.07) is 16.3. The molecule has 0 spiro atoms. The number of aliphatic hydroxyl groups is 1. The molecule has 21 heavy (non-hydrogen) atoms. The molecule has 0 bridgehead atoms. The van der Waals surface area contributed by atoms with E-state index in [0.29, 0.717) is 16.5 Å². The molecule has 0 aliphatic heterocycles. The van der Waals surface area contributed by atoms with Gasteiger partial charge in [0.2, 0.25) is 0 Å². The Morgan fingerprint density at radius 3 is 2.71 bits per heavy atom. The Morgan fingerprint density at radius 1 is 1.10 bits per heavy atom. The number of aliphatic hydroxyl groups excluding tert-OH is 1. The lowest BCUT2D eigenvalue weighted by atomic mass is 10.0. The Hall–Kier alpha value is -1.78. The summed E-state index contributed by atoms with van der Waals surface area (Å²) in [5.74, 6) is -0.338. The molecule has 2 nitrogen and oxygen atoms in total. The Labute approximate surface area is 130 Å². The summed E-state index contributed by atoms with van der Waals surface area (Å²) in [6.45, 7) is 0. The lowest BCUT2D eigenvalue weighted by molar-refractivity contribution is 0.177. The Morgan fingerprint density at radius 2 is 1.90 bits per heavy atom. The molecule has 3 aromatic rings. The van der Waals surface area contributed by atoms with Crippen molar-refractivity contribution in [2.24, 2.45) is 0 Å². The van der Waals surface area contributed by atoms with Gasteiger partial charge >= 0.3 is 0 Å². The molecule has 0 radical (unpaired) electrons. The number of hydrogen-bond acceptors (Lipinski definition) is 2. The molecule has 2 aromatic carbocycles. The van der Waals surface area contributed by atoms with Gasteiger partial charge in [-0.1, -0.05) is 30.3 Å². The molecule has 0 amide bonds. The normalized spacial score (nSPS) is 12.5. The molecule has 1 N–H and O–H groups in total.